The first-order valence-corrected chi connectivity index (χ1v) is 13.2. The van der Waals surface area contributed by atoms with Crippen molar-refractivity contribution in [3.63, 3.8) is 0 Å². The Hall–Kier alpha value is -4.56. The third kappa shape index (κ3) is 4.98. The van der Waals surface area contributed by atoms with Gasteiger partial charge in [-0.25, -0.2) is 4.98 Å². The zero-order chi connectivity index (χ0) is 26.8. The van der Waals surface area contributed by atoms with E-state index < -0.39 is 0 Å². The van der Waals surface area contributed by atoms with Gasteiger partial charge in [0.2, 0.25) is 0 Å². The smallest absolute Gasteiger partial charge is 0.251 e. The van der Waals surface area contributed by atoms with Gasteiger partial charge >= 0.3 is 0 Å². The maximum Gasteiger partial charge on any atom is 0.251 e. The molecule has 39 heavy (non-hydrogen) atoms. The van der Waals surface area contributed by atoms with E-state index >= 15 is 0 Å². The summed E-state index contributed by atoms with van der Waals surface area (Å²) < 4.78 is 5.69. The molecule has 4 heterocycles. The minimum Gasteiger partial charge on any atom is -0.377 e. The number of carbonyl (C=O) groups excluding carboxylic acids is 1. The lowest BCUT2D eigenvalue weighted by Gasteiger charge is -2.34. The van der Waals surface area contributed by atoms with E-state index in [1.807, 2.05) is 66.9 Å². The molecule has 0 radical (unpaired) electrons. The summed E-state index contributed by atoms with van der Waals surface area (Å²) in [5, 5.41) is 11.2. The summed E-state index contributed by atoms with van der Waals surface area (Å²) in [6, 6.07) is 21.9. The molecule has 5 aromatic rings. The number of pyridine rings is 2. The van der Waals surface area contributed by atoms with Crippen LogP contribution in [0.4, 0.5) is 5.82 Å². The van der Waals surface area contributed by atoms with Crippen LogP contribution in [0.3, 0.4) is 0 Å². The summed E-state index contributed by atoms with van der Waals surface area (Å²) in [6.45, 7) is 6.77. The molecule has 1 saturated heterocycles. The molecule has 1 aliphatic rings. The Balaban J connectivity index is 1.41. The minimum absolute atomic E-state index is 0.102. The second-order valence-corrected chi connectivity index (χ2v) is 9.87. The van der Waals surface area contributed by atoms with Gasteiger partial charge in [-0.05, 0) is 60.4 Å². The van der Waals surface area contributed by atoms with Gasteiger partial charge in [-0.15, -0.1) is 0 Å². The maximum atomic E-state index is 12.8. The van der Waals surface area contributed by atoms with Crippen molar-refractivity contribution in [3.05, 3.63) is 95.8 Å². The van der Waals surface area contributed by atoms with Gasteiger partial charge in [-0.1, -0.05) is 42.5 Å². The monoisotopic (exact) mass is 518 g/mol. The Morgan fingerprint density at radius 2 is 1.95 bits per heavy atom. The zero-order valence-electron chi connectivity index (χ0n) is 22.0. The van der Waals surface area contributed by atoms with Gasteiger partial charge in [0.1, 0.15) is 17.0 Å². The van der Waals surface area contributed by atoms with Crippen LogP contribution in [0.15, 0.2) is 79.1 Å². The van der Waals surface area contributed by atoms with E-state index in [1.54, 1.807) is 6.20 Å². The van der Waals surface area contributed by atoms with Crippen molar-refractivity contribution < 1.29 is 9.53 Å². The fourth-order valence-electron chi connectivity index (χ4n) is 5.10. The molecule has 3 aromatic heterocycles. The first-order valence-electron chi connectivity index (χ1n) is 13.2. The van der Waals surface area contributed by atoms with Crippen molar-refractivity contribution >= 4 is 22.6 Å². The number of aromatic nitrogens is 4. The first-order chi connectivity index (χ1) is 19.1. The average Bonchev–Trinajstić information content (AvgIpc) is 3.51. The van der Waals surface area contributed by atoms with E-state index in [0.29, 0.717) is 25.3 Å². The molecule has 0 spiro atoms. The number of carbonyl (C=O) groups is 1. The SMILES string of the molecule is Cc1cnc(-c2ccn[nH]2)c2nc(N3CCOC[C@H]3C)cc(-c3ccc(C(=O)NCc4ccccc4)cc3)c12. The van der Waals surface area contributed by atoms with Crippen LogP contribution in [-0.2, 0) is 11.3 Å². The van der Waals surface area contributed by atoms with Gasteiger partial charge in [0.25, 0.3) is 5.91 Å². The Bertz CT molecular complexity index is 1600. The molecule has 6 rings (SSSR count). The Kier molecular flexibility index (Phi) is 6.77. The van der Waals surface area contributed by atoms with E-state index in [4.69, 9.17) is 14.7 Å². The molecule has 8 heteroatoms. The predicted molar refractivity (Wildman–Crippen MR) is 153 cm³/mol. The molecule has 2 N–H and O–H groups in total. The van der Waals surface area contributed by atoms with Crippen LogP contribution in [0.2, 0.25) is 0 Å². The lowest BCUT2D eigenvalue weighted by Crippen LogP contribution is -2.44. The number of anilines is 1. The second-order valence-electron chi connectivity index (χ2n) is 9.87. The van der Waals surface area contributed by atoms with Gasteiger partial charge in [0.05, 0.1) is 24.9 Å². The largest absolute Gasteiger partial charge is 0.377 e. The molecule has 0 aliphatic carbocycles. The summed E-state index contributed by atoms with van der Waals surface area (Å²) in [6.07, 6.45) is 3.60. The highest BCUT2D eigenvalue weighted by Crippen LogP contribution is 2.37. The number of benzene rings is 2. The number of aryl methyl sites for hydroxylation is 1. The van der Waals surface area contributed by atoms with Crippen LogP contribution in [0.25, 0.3) is 33.4 Å². The molecular weight excluding hydrogens is 488 g/mol. The fraction of sp³-hybridized carbons (Fsp3) is 0.226. The van der Waals surface area contributed by atoms with Crippen LogP contribution in [0.5, 0.6) is 0 Å². The van der Waals surface area contributed by atoms with Crippen LogP contribution < -0.4 is 10.2 Å². The van der Waals surface area contributed by atoms with E-state index in [2.05, 4.69) is 40.3 Å². The number of morpholine rings is 1. The standard InChI is InChI=1S/C31H30N6O2/c1-20-17-32-29(26-12-13-34-36-26)30-28(20)25(16-27(35-30)37-14-15-39-19-21(37)2)23-8-10-24(11-9-23)31(38)33-18-22-6-4-3-5-7-22/h3-13,16-17,21H,14-15,18-19H2,1-2H3,(H,33,38)(H,34,36)/t21-/m1/s1. The molecule has 1 amide bonds. The number of aromatic amines is 1. The normalized spacial score (nSPS) is 15.4. The zero-order valence-corrected chi connectivity index (χ0v) is 22.0. The van der Waals surface area contributed by atoms with Gasteiger partial charge in [-0.3, -0.25) is 14.9 Å². The second kappa shape index (κ2) is 10.7. The molecule has 8 nitrogen and oxygen atoms in total. The average molecular weight is 519 g/mol. The van der Waals surface area contributed by atoms with Gasteiger partial charge in [0.15, 0.2) is 0 Å². The third-order valence-electron chi connectivity index (χ3n) is 7.18. The number of H-pyrrole nitrogens is 1. The molecule has 0 bridgehead atoms. The molecule has 1 atom stereocenters. The van der Waals surface area contributed by atoms with E-state index in [-0.39, 0.29) is 11.9 Å². The Morgan fingerprint density at radius 3 is 2.69 bits per heavy atom. The van der Waals surface area contributed by atoms with Crippen molar-refractivity contribution in [1.82, 2.24) is 25.5 Å². The summed E-state index contributed by atoms with van der Waals surface area (Å²) in [5.74, 6) is 0.779. The van der Waals surface area contributed by atoms with Crippen LogP contribution in [0, 0.1) is 6.92 Å². The van der Waals surface area contributed by atoms with E-state index in [9.17, 15) is 4.79 Å². The van der Waals surface area contributed by atoms with Crippen LogP contribution in [0.1, 0.15) is 28.4 Å². The molecular formula is C31H30N6O2. The highest BCUT2D eigenvalue weighted by atomic mass is 16.5. The van der Waals surface area contributed by atoms with Crippen LogP contribution in [-0.4, -0.2) is 51.9 Å². The molecule has 1 aliphatic heterocycles. The molecule has 2 aromatic carbocycles. The topological polar surface area (TPSA) is 96.0 Å². The van der Waals surface area contributed by atoms with Gasteiger partial charge in [0, 0.05) is 36.4 Å². The third-order valence-corrected chi connectivity index (χ3v) is 7.18. The summed E-state index contributed by atoms with van der Waals surface area (Å²) in [5.41, 5.74) is 7.15. The maximum absolute atomic E-state index is 12.8. The van der Waals surface area contributed by atoms with Crippen molar-refractivity contribution in [2.24, 2.45) is 0 Å². The molecule has 1 fully saturated rings. The number of hydrogen-bond acceptors (Lipinski definition) is 6. The predicted octanol–water partition coefficient (Wildman–Crippen LogP) is 5.15. The number of nitrogens with one attached hydrogen (secondary N) is 2. The number of fused-ring (bicyclic) bond motifs is 1. The van der Waals surface area contributed by atoms with Crippen molar-refractivity contribution in [1.29, 1.82) is 0 Å². The summed E-state index contributed by atoms with van der Waals surface area (Å²) in [4.78, 5) is 25.0. The Morgan fingerprint density at radius 1 is 1.13 bits per heavy atom. The van der Waals surface area contributed by atoms with Crippen molar-refractivity contribution in [2.45, 2.75) is 26.4 Å². The van der Waals surface area contributed by atoms with E-state index in [1.165, 1.54) is 0 Å². The minimum atomic E-state index is -0.102. The van der Waals surface area contributed by atoms with Crippen molar-refractivity contribution in [3.8, 4) is 22.5 Å². The van der Waals surface area contributed by atoms with E-state index in [0.717, 1.165) is 56.9 Å². The summed E-state index contributed by atoms with van der Waals surface area (Å²) >= 11 is 0. The number of amides is 1. The molecule has 0 unspecified atom stereocenters. The van der Waals surface area contributed by atoms with Gasteiger partial charge in [-0.2, -0.15) is 5.10 Å². The lowest BCUT2D eigenvalue weighted by molar-refractivity contribution is 0.0951. The highest BCUT2D eigenvalue weighted by Gasteiger charge is 2.24. The number of nitrogens with zero attached hydrogens (tertiary/aromatic N) is 4. The quantitative estimate of drug-likeness (QED) is 0.323. The van der Waals surface area contributed by atoms with Gasteiger partial charge < -0.3 is 15.0 Å². The summed E-state index contributed by atoms with van der Waals surface area (Å²) in [7, 11) is 0. The molecule has 0 saturated carbocycles. The molecule has 196 valence electrons. The Labute approximate surface area is 227 Å². The lowest BCUT2D eigenvalue weighted by atomic mass is 9.96. The van der Waals surface area contributed by atoms with Crippen LogP contribution >= 0.6 is 0 Å². The number of hydrogen-bond donors (Lipinski definition) is 2. The highest BCUT2D eigenvalue weighted by molar-refractivity contribution is 6.04. The first kappa shape index (κ1) is 24.8. The van der Waals surface area contributed by atoms with Crippen molar-refractivity contribution in [2.75, 3.05) is 24.7 Å². The number of ether oxygens (including phenoxy) is 1. The fourth-order valence-corrected chi connectivity index (χ4v) is 5.10. The number of rotatable bonds is 6.